The Morgan fingerprint density at radius 1 is 1.06 bits per heavy atom. The Labute approximate surface area is 179 Å². The highest BCUT2D eigenvalue weighted by molar-refractivity contribution is 6.26. The highest BCUT2D eigenvalue weighted by atomic mass is 15.0. The van der Waals surface area contributed by atoms with E-state index in [2.05, 4.69) is 76.4 Å². The number of pyridine rings is 2. The van der Waals surface area contributed by atoms with Crippen LogP contribution in [0.25, 0.3) is 53.8 Å². The summed E-state index contributed by atoms with van der Waals surface area (Å²) in [5, 5.41) is 15.5. The second-order valence-corrected chi connectivity index (χ2v) is 8.39. The molecule has 0 saturated carbocycles. The lowest BCUT2D eigenvalue weighted by molar-refractivity contribution is -0.643. The summed E-state index contributed by atoms with van der Waals surface area (Å²) in [4.78, 5) is 3.78. The molecule has 0 spiro atoms. The normalized spacial score (nSPS) is 12.8. The van der Waals surface area contributed by atoms with E-state index in [0.717, 1.165) is 38.3 Å². The summed E-state index contributed by atoms with van der Waals surface area (Å²) in [5.41, 5.74) is 7.36. The van der Waals surface area contributed by atoms with Crippen molar-refractivity contribution in [1.29, 1.82) is 5.26 Å². The standard InChI is InChI=1S/C27H19N4/c1-15-8-9-20-24-18(14-28)6-5-7-21(24)31-22-13-19(16(2)29-3)12-17-10-11-30(4)27(25(17)22)23(15)26(20)31/h5-13,16H,1-2,4H3/q+1. The number of rotatable bonds is 1. The number of nitrogens with zero attached hydrogens (tertiary/aromatic N) is 4. The predicted octanol–water partition coefficient (Wildman–Crippen LogP) is 5.97. The fraction of sp³-hybridized carbons (Fsp3) is 0.148. The quantitative estimate of drug-likeness (QED) is 0.145. The molecule has 3 heterocycles. The Hall–Kier alpha value is -4.15. The molecule has 0 amide bonds. The first kappa shape index (κ1) is 17.7. The van der Waals surface area contributed by atoms with Crippen molar-refractivity contribution in [2.45, 2.75) is 19.9 Å². The smallest absolute Gasteiger partial charge is 0.246 e. The number of benzene rings is 3. The van der Waals surface area contributed by atoms with Crippen LogP contribution in [0, 0.1) is 24.8 Å². The first-order valence-corrected chi connectivity index (χ1v) is 10.4. The third-order valence-electron chi connectivity index (χ3n) is 6.67. The summed E-state index contributed by atoms with van der Waals surface area (Å²) in [6.45, 7) is 11.7. The Kier molecular flexibility index (Phi) is 3.39. The Morgan fingerprint density at radius 2 is 1.90 bits per heavy atom. The molecule has 4 nitrogen and oxygen atoms in total. The van der Waals surface area contributed by atoms with Gasteiger partial charge in [0.15, 0.2) is 6.20 Å². The lowest BCUT2D eigenvalue weighted by Gasteiger charge is -2.14. The van der Waals surface area contributed by atoms with Crippen LogP contribution >= 0.6 is 0 Å². The van der Waals surface area contributed by atoms with Crippen LogP contribution in [-0.4, -0.2) is 4.40 Å². The van der Waals surface area contributed by atoms with Crippen molar-refractivity contribution >= 4 is 49.0 Å². The highest BCUT2D eigenvalue weighted by Gasteiger charge is 2.25. The fourth-order valence-corrected chi connectivity index (χ4v) is 5.20. The molecule has 6 rings (SSSR count). The molecule has 3 aromatic carbocycles. The molecule has 1 unspecified atom stereocenters. The van der Waals surface area contributed by atoms with Crippen LogP contribution in [0.15, 0.2) is 54.7 Å². The minimum atomic E-state index is -0.219. The van der Waals surface area contributed by atoms with Crippen molar-refractivity contribution in [3.8, 4) is 6.07 Å². The predicted molar refractivity (Wildman–Crippen MR) is 124 cm³/mol. The van der Waals surface area contributed by atoms with Gasteiger partial charge in [-0.05, 0) is 42.1 Å². The number of aryl methyl sites for hydroxylation is 2. The van der Waals surface area contributed by atoms with E-state index >= 15 is 0 Å². The molecule has 0 aliphatic rings. The molecule has 1 atom stereocenters. The minimum absolute atomic E-state index is 0.219. The van der Waals surface area contributed by atoms with Gasteiger partial charge in [0.1, 0.15) is 7.05 Å². The van der Waals surface area contributed by atoms with Gasteiger partial charge in [0.25, 0.3) is 0 Å². The maximum absolute atomic E-state index is 9.84. The zero-order valence-electron chi connectivity index (χ0n) is 17.6. The molecule has 0 N–H and O–H groups in total. The number of hydrogen-bond acceptors (Lipinski definition) is 1. The second kappa shape index (κ2) is 5.94. The van der Waals surface area contributed by atoms with E-state index < -0.39 is 0 Å². The summed E-state index contributed by atoms with van der Waals surface area (Å²) in [5.74, 6) is 0. The molecule has 31 heavy (non-hydrogen) atoms. The molecule has 0 saturated heterocycles. The van der Waals surface area contributed by atoms with Gasteiger partial charge in [0, 0.05) is 29.3 Å². The molecule has 0 fully saturated rings. The molecule has 0 radical (unpaired) electrons. The van der Waals surface area contributed by atoms with Gasteiger partial charge in [0.2, 0.25) is 11.6 Å². The zero-order chi connectivity index (χ0) is 21.4. The molecule has 0 aliphatic heterocycles. The van der Waals surface area contributed by atoms with Gasteiger partial charge in [-0.25, -0.2) is 11.1 Å². The summed E-state index contributed by atoms with van der Waals surface area (Å²) in [7, 11) is 2.09. The van der Waals surface area contributed by atoms with E-state index in [0.29, 0.717) is 5.56 Å². The van der Waals surface area contributed by atoms with Crippen molar-refractivity contribution in [2.75, 3.05) is 0 Å². The summed E-state index contributed by atoms with van der Waals surface area (Å²) >= 11 is 0. The van der Waals surface area contributed by atoms with Crippen LogP contribution in [0.3, 0.4) is 0 Å². The zero-order valence-corrected chi connectivity index (χ0v) is 17.6. The molecule has 3 aromatic heterocycles. The van der Waals surface area contributed by atoms with Crippen LogP contribution in [0.2, 0.25) is 0 Å². The lowest BCUT2D eigenvalue weighted by Crippen LogP contribution is -2.29. The number of fused-ring (bicyclic) bond motifs is 5. The molecule has 6 aromatic rings. The number of aromatic nitrogens is 2. The summed E-state index contributed by atoms with van der Waals surface area (Å²) < 4.78 is 4.50. The third kappa shape index (κ3) is 2.09. The van der Waals surface area contributed by atoms with E-state index in [-0.39, 0.29) is 6.04 Å². The van der Waals surface area contributed by atoms with Crippen LogP contribution in [-0.2, 0) is 7.05 Å². The monoisotopic (exact) mass is 399 g/mol. The molecular weight excluding hydrogens is 380 g/mol. The van der Waals surface area contributed by atoms with Gasteiger partial charge in [-0.1, -0.05) is 18.2 Å². The average Bonchev–Trinajstić information content (AvgIpc) is 3.13. The number of nitriles is 1. The maximum Gasteiger partial charge on any atom is 0.246 e. The van der Waals surface area contributed by atoms with Gasteiger partial charge in [-0.15, -0.1) is 0 Å². The van der Waals surface area contributed by atoms with E-state index in [4.69, 9.17) is 6.57 Å². The van der Waals surface area contributed by atoms with Crippen molar-refractivity contribution in [3.63, 3.8) is 0 Å². The summed E-state index contributed by atoms with van der Waals surface area (Å²) in [6, 6.07) is 18.9. The van der Waals surface area contributed by atoms with Crippen molar-refractivity contribution in [2.24, 2.45) is 7.05 Å². The number of hydrogen-bond donors (Lipinski definition) is 0. The first-order chi connectivity index (χ1) is 15.0. The van der Waals surface area contributed by atoms with Crippen molar-refractivity contribution < 1.29 is 4.57 Å². The molecular formula is C27H19N4+. The summed E-state index contributed by atoms with van der Waals surface area (Å²) in [6.07, 6.45) is 2.10. The Bertz CT molecular complexity index is 1790. The molecule has 0 bridgehead atoms. The van der Waals surface area contributed by atoms with E-state index in [1.54, 1.807) is 0 Å². The largest absolute Gasteiger partial charge is 0.309 e. The van der Waals surface area contributed by atoms with Crippen LogP contribution in [0.5, 0.6) is 0 Å². The molecule has 146 valence electrons. The van der Waals surface area contributed by atoms with Gasteiger partial charge in [0.05, 0.1) is 39.0 Å². The van der Waals surface area contributed by atoms with Crippen LogP contribution in [0.4, 0.5) is 0 Å². The minimum Gasteiger partial charge on any atom is -0.309 e. The maximum atomic E-state index is 9.84. The van der Waals surface area contributed by atoms with Crippen molar-refractivity contribution in [1.82, 2.24) is 4.40 Å². The Balaban J connectivity index is 2.07. The van der Waals surface area contributed by atoms with Gasteiger partial charge in [-0.2, -0.15) is 5.26 Å². The van der Waals surface area contributed by atoms with Crippen LogP contribution in [0.1, 0.15) is 29.7 Å². The van der Waals surface area contributed by atoms with Crippen molar-refractivity contribution in [3.05, 3.63) is 82.8 Å². The third-order valence-corrected chi connectivity index (χ3v) is 6.67. The highest BCUT2D eigenvalue weighted by Crippen LogP contribution is 2.42. The Morgan fingerprint density at radius 3 is 2.68 bits per heavy atom. The second-order valence-electron chi connectivity index (χ2n) is 8.39. The molecule has 4 heteroatoms. The first-order valence-electron chi connectivity index (χ1n) is 10.4. The molecule has 0 aliphatic carbocycles. The fourth-order valence-electron chi connectivity index (χ4n) is 5.20. The van der Waals surface area contributed by atoms with Crippen LogP contribution < -0.4 is 4.57 Å². The van der Waals surface area contributed by atoms with E-state index in [9.17, 15) is 5.26 Å². The average molecular weight is 399 g/mol. The van der Waals surface area contributed by atoms with Gasteiger partial charge < -0.3 is 9.25 Å². The SMILES string of the molecule is [C-]#[N+]C(C)c1cc2cc[n+](C)c3c4c(C)ccc5c6c(C#N)cccc6n(c(c1)c23)c54. The lowest BCUT2D eigenvalue weighted by atomic mass is 9.97. The van der Waals surface area contributed by atoms with E-state index in [1.807, 2.05) is 19.1 Å². The van der Waals surface area contributed by atoms with E-state index in [1.165, 1.54) is 21.9 Å². The van der Waals surface area contributed by atoms with Gasteiger partial charge in [-0.3, -0.25) is 0 Å². The van der Waals surface area contributed by atoms with Gasteiger partial charge >= 0.3 is 0 Å². The topological polar surface area (TPSA) is 36.4 Å².